The van der Waals surface area contributed by atoms with E-state index in [0.29, 0.717) is 23.2 Å². The van der Waals surface area contributed by atoms with Gasteiger partial charge in [0.1, 0.15) is 5.56 Å². The molecule has 0 atom stereocenters. The average molecular weight is 401 g/mol. The van der Waals surface area contributed by atoms with Crippen molar-refractivity contribution in [3.05, 3.63) is 54.1 Å². The van der Waals surface area contributed by atoms with Crippen molar-refractivity contribution in [3.8, 4) is 0 Å². The molecule has 6 rings (SSSR count). The maximum absolute atomic E-state index is 13.0. The van der Waals surface area contributed by atoms with E-state index in [-0.39, 0.29) is 5.91 Å². The first-order valence-corrected chi connectivity index (χ1v) is 10.6. The molecule has 1 aliphatic carbocycles. The fraction of sp³-hybridized carbons (Fsp3) is 0.364. The number of rotatable bonds is 4. The fourth-order valence-electron chi connectivity index (χ4n) is 4.38. The van der Waals surface area contributed by atoms with E-state index in [2.05, 4.69) is 43.7 Å². The van der Waals surface area contributed by atoms with Gasteiger partial charge in [0.15, 0.2) is 5.65 Å². The summed E-state index contributed by atoms with van der Waals surface area (Å²) in [6.45, 7) is 2.06. The molecule has 4 aromatic rings. The van der Waals surface area contributed by atoms with E-state index < -0.39 is 0 Å². The lowest BCUT2D eigenvalue weighted by Gasteiger charge is -2.22. The van der Waals surface area contributed by atoms with Gasteiger partial charge < -0.3 is 10.6 Å². The van der Waals surface area contributed by atoms with Crippen LogP contribution in [-0.2, 0) is 0 Å². The summed E-state index contributed by atoms with van der Waals surface area (Å²) in [5.74, 6) is 0.312. The second-order valence-electron chi connectivity index (χ2n) is 8.26. The Bertz CT molecular complexity index is 1250. The Morgan fingerprint density at radius 1 is 1.17 bits per heavy atom. The second kappa shape index (κ2) is 6.91. The van der Waals surface area contributed by atoms with Crippen molar-refractivity contribution >= 4 is 28.1 Å². The van der Waals surface area contributed by atoms with Crippen molar-refractivity contribution in [2.75, 3.05) is 18.4 Å². The first-order chi connectivity index (χ1) is 14.8. The Morgan fingerprint density at radius 2 is 2.03 bits per heavy atom. The lowest BCUT2D eigenvalue weighted by Crippen LogP contribution is -2.29. The van der Waals surface area contributed by atoms with Gasteiger partial charge in [-0.15, -0.1) is 0 Å². The van der Waals surface area contributed by atoms with Crippen molar-refractivity contribution in [2.45, 2.75) is 37.6 Å². The number of carbonyl (C=O) groups is 1. The third-order valence-electron chi connectivity index (χ3n) is 6.17. The number of piperidine rings is 1. The maximum atomic E-state index is 13.0. The standard InChI is InChI=1S/C22H23N7O/c30-22(18-12-25-28-9-1-6-24-21(18)28)26-20-10-15-13-29(16-4-7-23-8-5-16)27-19(15)11-17(20)14-2-3-14/h1,6,9-14,16,23H,2-5,7-8H2,(H,26,30). The van der Waals surface area contributed by atoms with E-state index >= 15 is 0 Å². The summed E-state index contributed by atoms with van der Waals surface area (Å²) in [7, 11) is 0. The molecule has 0 spiro atoms. The summed E-state index contributed by atoms with van der Waals surface area (Å²) in [4.78, 5) is 17.3. The molecule has 8 nitrogen and oxygen atoms in total. The zero-order chi connectivity index (χ0) is 20.1. The molecule has 8 heteroatoms. The minimum absolute atomic E-state index is 0.185. The molecule has 152 valence electrons. The third-order valence-corrected chi connectivity index (χ3v) is 6.17. The molecule has 2 N–H and O–H groups in total. The molecule has 1 saturated carbocycles. The Labute approximate surface area is 173 Å². The molecule has 2 fully saturated rings. The zero-order valence-corrected chi connectivity index (χ0v) is 16.6. The summed E-state index contributed by atoms with van der Waals surface area (Å²) >= 11 is 0. The predicted octanol–water partition coefficient (Wildman–Crippen LogP) is 3.13. The highest BCUT2D eigenvalue weighted by molar-refractivity contribution is 6.09. The van der Waals surface area contributed by atoms with E-state index in [9.17, 15) is 4.79 Å². The molecule has 3 aromatic heterocycles. The van der Waals surface area contributed by atoms with Gasteiger partial charge in [0.05, 0.1) is 17.8 Å². The number of nitrogens with zero attached hydrogens (tertiary/aromatic N) is 5. The molecule has 1 aromatic carbocycles. The van der Waals surface area contributed by atoms with E-state index in [1.54, 1.807) is 29.2 Å². The summed E-state index contributed by atoms with van der Waals surface area (Å²) in [6.07, 6.45) is 11.6. The number of benzene rings is 1. The fourth-order valence-corrected chi connectivity index (χ4v) is 4.38. The summed E-state index contributed by atoms with van der Waals surface area (Å²) in [5, 5.41) is 16.7. The second-order valence-corrected chi connectivity index (χ2v) is 8.26. The quantitative estimate of drug-likeness (QED) is 0.548. The van der Waals surface area contributed by atoms with E-state index in [1.165, 1.54) is 5.56 Å². The highest BCUT2D eigenvalue weighted by atomic mass is 16.1. The number of hydrogen-bond donors (Lipinski definition) is 2. The summed E-state index contributed by atoms with van der Waals surface area (Å²) in [5.41, 5.74) is 4.09. The van der Waals surface area contributed by atoms with Crippen LogP contribution in [0.5, 0.6) is 0 Å². The van der Waals surface area contributed by atoms with Gasteiger partial charge in [0.25, 0.3) is 5.91 Å². The lowest BCUT2D eigenvalue weighted by molar-refractivity contribution is 0.102. The van der Waals surface area contributed by atoms with Gasteiger partial charge in [0, 0.05) is 29.7 Å². The van der Waals surface area contributed by atoms with Crippen LogP contribution in [0.4, 0.5) is 5.69 Å². The molecular weight excluding hydrogens is 378 g/mol. The normalized spacial score (nSPS) is 17.6. The van der Waals surface area contributed by atoms with Crippen LogP contribution < -0.4 is 10.6 Å². The van der Waals surface area contributed by atoms with Crippen molar-refractivity contribution < 1.29 is 4.79 Å². The van der Waals surface area contributed by atoms with Gasteiger partial charge >= 0.3 is 0 Å². The molecule has 30 heavy (non-hydrogen) atoms. The summed E-state index contributed by atoms with van der Waals surface area (Å²) < 4.78 is 3.73. The van der Waals surface area contributed by atoms with Crippen LogP contribution in [-0.4, -0.2) is 43.4 Å². The average Bonchev–Trinajstić information content (AvgIpc) is 3.39. The largest absolute Gasteiger partial charge is 0.322 e. The molecular formula is C22H23N7O. The van der Waals surface area contributed by atoms with Crippen LogP contribution in [0.25, 0.3) is 16.6 Å². The van der Waals surface area contributed by atoms with Gasteiger partial charge in [-0.1, -0.05) is 0 Å². The minimum Gasteiger partial charge on any atom is -0.322 e. The summed E-state index contributed by atoms with van der Waals surface area (Å²) in [6, 6.07) is 6.46. The van der Waals surface area contributed by atoms with Crippen molar-refractivity contribution in [3.63, 3.8) is 0 Å². The van der Waals surface area contributed by atoms with Crippen LogP contribution in [0, 0.1) is 0 Å². The Morgan fingerprint density at radius 3 is 2.87 bits per heavy atom. The molecule has 0 radical (unpaired) electrons. The minimum atomic E-state index is -0.185. The van der Waals surface area contributed by atoms with Gasteiger partial charge in [-0.05, 0) is 68.5 Å². The first kappa shape index (κ1) is 17.6. The Balaban J connectivity index is 1.36. The van der Waals surface area contributed by atoms with Gasteiger partial charge in [0.2, 0.25) is 0 Å². The number of carbonyl (C=O) groups excluding carboxylic acids is 1. The third kappa shape index (κ3) is 3.04. The maximum Gasteiger partial charge on any atom is 0.261 e. The highest BCUT2D eigenvalue weighted by Gasteiger charge is 2.28. The zero-order valence-electron chi connectivity index (χ0n) is 16.6. The predicted molar refractivity (Wildman–Crippen MR) is 114 cm³/mol. The smallest absolute Gasteiger partial charge is 0.261 e. The number of amides is 1. The van der Waals surface area contributed by atoms with E-state index in [4.69, 9.17) is 5.10 Å². The van der Waals surface area contributed by atoms with E-state index in [0.717, 1.165) is 55.4 Å². The monoisotopic (exact) mass is 401 g/mol. The Kier molecular flexibility index (Phi) is 4.05. The number of anilines is 1. The molecule has 0 bridgehead atoms. The molecule has 1 aliphatic heterocycles. The van der Waals surface area contributed by atoms with Crippen LogP contribution in [0.3, 0.4) is 0 Å². The van der Waals surface area contributed by atoms with Gasteiger partial charge in [-0.2, -0.15) is 10.2 Å². The molecule has 0 unspecified atom stereocenters. The van der Waals surface area contributed by atoms with Crippen molar-refractivity contribution in [1.29, 1.82) is 0 Å². The van der Waals surface area contributed by atoms with Crippen LogP contribution in [0.1, 0.15) is 53.6 Å². The Hall–Kier alpha value is -3.26. The molecule has 2 aliphatic rings. The molecule has 1 saturated heterocycles. The van der Waals surface area contributed by atoms with Crippen LogP contribution >= 0.6 is 0 Å². The van der Waals surface area contributed by atoms with Crippen LogP contribution in [0.15, 0.2) is 43.0 Å². The van der Waals surface area contributed by atoms with Crippen molar-refractivity contribution in [1.82, 2.24) is 29.7 Å². The van der Waals surface area contributed by atoms with E-state index in [1.807, 2.05) is 0 Å². The molecule has 4 heterocycles. The highest BCUT2D eigenvalue weighted by Crippen LogP contribution is 2.45. The number of fused-ring (bicyclic) bond motifs is 2. The van der Waals surface area contributed by atoms with Crippen molar-refractivity contribution in [2.24, 2.45) is 0 Å². The first-order valence-electron chi connectivity index (χ1n) is 10.6. The van der Waals surface area contributed by atoms with Crippen LogP contribution in [0.2, 0.25) is 0 Å². The number of nitrogens with one attached hydrogen (secondary N) is 2. The number of hydrogen-bond acceptors (Lipinski definition) is 5. The molecule has 1 amide bonds. The lowest BCUT2D eigenvalue weighted by atomic mass is 10.1. The topological polar surface area (TPSA) is 89.1 Å². The SMILES string of the molecule is O=C(Nc1cc2cn(C3CCNCC3)nc2cc1C1CC1)c1cnn2cccnc12. The number of aromatic nitrogens is 5. The van der Waals surface area contributed by atoms with Gasteiger partial charge in [-0.3, -0.25) is 9.48 Å². The van der Waals surface area contributed by atoms with Gasteiger partial charge in [-0.25, -0.2) is 9.50 Å².